The molecule has 2 aromatic heterocycles. The van der Waals surface area contributed by atoms with E-state index in [1.54, 1.807) is 18.0 Å². The summed E-state index contributed by atoms with van der Waals surface area (Å²) < 4.78 is 3.82. The number of nitrogens with zero attached hydrogens (tertiary/aromatic N) is 5. The number of aromatic nitrogens is 5. The maximum atomic E-state index is 9.32. The van der Waals surface area contributed by atoms with Gasteiger partial charge in [0.05, 0.1) is 5.69 Å². The minimum absolute atomic E-state index is 0.0773. The smallest absolute Gasteiger partial charge is 0.191 e. The van der Waals surface area contributed by atoms with Crippen LogP contribution in [-0.2, 0) is 18.9 Å². The van der Waals surface area contributed by atoms with E-state index in [1.807, 2.05) is 21.5 Å². The van der Waals surface area contributed by atoms with Gasteiger partial charge in [0.2, 0.25) is 0 Å². The molecule has 1 aromatic carbocycles. The number of rotatable bonds is 7. The number of aliphatic hydroxyl groups excluding tert-OH is 1. The molecule has 120 valence electrons. The first-order valence-corrected chi connectivity index (χ1v) is 8.55. The Hall–Kier alpha value is -2.12. The van der Waals surface area contributed by atoms with Crippen molar-refractivity contribution in [3.63, 3.8) is 0 Å². The van der Waals surface area contributed by atoms with Crippen molar-refractivity contribution in [2.45, 2.75) is 37.4 Å². The molecule has 0 aliphatic rings. The third kappa shape index (κ3) is 3.62. The zero-order valence-electron chi connectivity index (χ0n) is 13.0. The van der Waals surface area contributed by atoms with Gasteiger partial charge in [0.15, 0.2) is 11.0 Å². The van der Waals surface area contributed by atoms with Crippen LogP contribution in [0.1, 0.15) is 24.7 Å². The van der Waals surface area contributed by atoms with Crippen molar-refractivity contribution in [2.24, 2.45) is 0 Å². The molecule has 0 radical (unpaired) electrons. The van der Waals surface area contributed by atoms with Gasteiger partial charge in [0.1, 0.15) is 6.61 Å². The Labute approximate surface area is 139 Å². The number of benzene rings is 1. The summed E-state index contributed by atoms with van der Waals surface area (Å²) in [5, 5.41) is 22.6. The van der Waals surface area contributed by atoms with Crippen LogP contribution in [0.3, 0.4) is 0 Å². The van der Waals surface area contributed by atoms with Crippen molar-refractivity contribution in [1.29, 1.82) is 0 Å². The van der Waals surface area contributed by atoms with Gasteiger partial charge >= 0.3 is 0 Å². The summed E-state index contributed by atoms with van der Waals surface area (Å²) in [5.74, 6) is 1.44. The normalized spacial score (nSPS) is 11.0. The minimum Gasteiger partial charge on any atom is -0.388 e. The Balaban J connectivity index is 1.68. The van der Waals surface area contributed by atoms with Gasteiger partial charge in [-0.1, -0.05) is 30.8 Å². The fourth-order valence-electron chi connectivity index (χ4n) is 2.31. The lowest BCUT2D eigenvalue weighted by Gasteiger charge is -2.08. The maximum absolute atomic E-state index is 9.32. The third-order valence-electron chi connectivity index (χ3n) is 3.46. The summed E-state index contributed by atoms with van der Waals surface area (Å²) in [5.41, 5.74) is 2.25. The standard InChI is InChI=1S/C16H19N5OS/c1-2-9-20-15(11-22)18-19-16(20)23-12-13-4-6-14(7-5-13)21-10-3-8-17-21/h3-8,10,22H,2,9,11-12H2,1H3. The first-order valence-electron chi connectivity index (χ1n) is 7.56. The van der Waals surface area contributed by atoms with Crippen molar-refractivity contribution in [2.75, 3.05) is 0 Å². The summed E-state index contributed by atoms with van der Waals surface area (Å²) in [6.07, 6.45) is 4.67. The molecular formula is C16H19N5OS. The molecule has 1 N–H and O–H groups in total. The average molecular weight is 329 g/mol. The lowest BCUT2D eigenvalue weighted by Crippen LogP contribution is -2.04. The van der Waals surface area contributed by atoms with Gasteiger partial charge in [0, 0.05) is 24.7 Å². The second-order valence-electron chi connectivity index (χ2n) is 5.11. The highest BCUT2D eigenvalue weighted by Gasteiger charge is 2.11. The summed E-state index contributed by atoms with van der Waals surface area (Å²) in [4.78, 5) is 0. The second kappa shape index (κ2) is 7.43. The van der Waals surface area contributed by atoms with E-state index in [0.717, 1.165) is 29.6 Å². The van der Waals surface area contributed by atoms with Crippen LogP contribution in [0.25, 0.3) is 5.69 Å². The number of hydrogen-bond acceptors (Lipinski definition) is 5. The highest BCUT2D eigenvalue weighted by molar-refractivity contribution is 7.98. The lowest BCUT2D eigenvalue weighted by atomic mass is 10.2. The average Bonchev–Trinajstić information content (AvgIpc) is 3.24. The summed E-state index contributed by atoms with van der Waals surface area (Å²) in [6.45, 7) is 2.85. The van der Waals surface area contributed by atoms with Crippen LogP contribution >= 0.6 is 11.8 Å². The van der Waals surface area contributed by atoms with Crippen LogP contribution in [0.15, 0.2) is 47.9 Å². The van der Waals surface area contributed by atoms with E-state index in [1.165, 1.54) is 5.56 Å². The van der Waals surface area contributed by atoms with E-state index in [2.05, 4.69) is 46.5 Å². The van der Waals surface area contributed by atoms with E-state index in [9.17, 15) is 5.11 Å². The van der Waals surface area contributed by atoms with Crippen LogP contribution in [-0.4, -0.2) is 29.7 Å². The van der Waals surface area contributed by atoms with Crippen LogP contribution in [0.4, 0.5) is 0 Å². The molecule has 0 atom stereocenters. The van der Waals surface area contributed by atoms with Gasteiger partial charge in [-0.25, -0.2) is 4.68 Å². The molecule has 0 fully saturated rings. The molecule has 0 bridgehead atoms. The minimum atomic E-state index is -0.0773. The Morgan fingerprint density at radius 1 is 1.17 bits per heavy atom. The zero-order chi connectivity index (χ0) is 16.1. The highest BCUT2D eigenvalue weighted by atomic mass is 32.2. The predicted molar refractivity (Wildman–Crippen MR) is 89.4 cm³/mol. The summed E-state index contributed by atoms with van der Waals surface area (Å²) in [7, 11) is 0. The van der Waals surface area contributed by atoms with Gasteiger partial charge in [-0.3, -0.25) is 0 Å². The molecule has 0 saturated carbocycles. The van der Waals surface area contributed by atoms with E-state index >= 15 is 0 Å². The number of thioether (sulfide) groups is 1. The van der Waals surface area contributed by atoms with Crippen molar-refractivity contribution >= 4 is 11.8 Å². The molecule has 3 aromatic rings. The van der Waals surface area contributed by atoms with Crippen LogP contribution in [0.2, 0.25) is 0 Å². The van der Waals surface area contributed by atoms with Gasteiger partial charge in [-0.15, -0.1) is 10.2 Å². The quantitative estimate of drug-likeness (QED) is 0.675. The summed E-state index contributed by atoms with van der Waals surface area (Å²) in [6, 6.07) is 10.2. The Bertz CT molecular complexity index is 736. The molecule has 0 saturated heterocycles. The van der Waals surface area contributed by atoms with Gasteiger partial charge in [0.25, 0.3) is 0 Å². The van der Waals surface area contributed by atoms with E-state index in [0.29, 0.717) is 5.82 Å². The van der Waals surface area contributed by atoms with E-state index in [4.69, 9.17) is 0 Å². The molecule has 0 amide bonds. The molecule has 7 heteroatoms. The van der Waals surface area contributed by atoms with Crippen LogP contribution in [0, 0.1) is 0 Å². The molecule has 6 nitrogen and oxygen atoms in total. The Morgan fingerprint density at radius 2 is 2.00 bits per heavy atom. The fraction of sp³-hybridized carbons (Fsp3) is 0.312. The van der Waals surface area contributed by atoms with Crippen molar-refractivity contribution in [3.05, 3.63) is 54.1 Å². The molecular weight excluding hydrogens is 310 g/mol. The SMILES string of the molecule is CCCn1c(CO)nnc1SCc1ccc(-n2cccn2)cc1. The van der Waals surface area contributed by atoms with Gasteiger partial charge in [-0.2, -0.15) is 5.10 Å². The third-order valence-corrected chi connectivity index (χ3v) is 4.49. The molecule has 0 unspecified atom stereocenters. The fourth-order valence-corrected chi connectivity index (χ4v) is 3.24. The zero-order valence-corrected chi connectivity index (χ0v) is 13.8. The van der Waals surface area contributed by atoms with Crippen molar-refractivity contribution < 1.29 is 5.11 Å². The number of aliphatic hydroxyl groups is 1. The van der Waals surface area contributed by atoms with Crippen LogP contribution < -0.4 is 0 Å². The highest BCUT2D eigenvalue weighted by Crippen LogP contribution is 2.23. The largest absolute Gasteiger partial charge is 0.388 e. The molecule has 0 aliphatic carbocycles. The van der Waals surface area contributed by atoms with E-state index < -0.39 is 0 Å². The topological polar surface area (TPSA) is 68.8 Å². The predicted octanol–water partition coefficient (Wildman–Crippen LogP) is 2.66. The molecule has 0 spiro atoms. The Kier molecular flexibility index (Phi) is 5.09. The monoisotopic (exact) mass is 329 g/mol. The molecule has 0 aliphatic heterocycles. The van der Waals surface area contributed by atoms with Crippen molar-refractivity contribution in [3.8, 4) is 5.69 Å². The summed E-state index contributed by atoms with van der Waals surface area (Å²) >= 11 is 1.64. The van der Waals surface area contributed by atoms with Gasteiger partial charge < -0.3 is 9.67 Å². The van der Waals surface area contributed by atoms with E-state index in [-0.39, 0.29) is 6.61 Å². The van der Waals surface area contributed by atoms with Crippen LogP contribution in [0.5, 0.6) is 0 Å². The molecule has 2 heterocycles. The first-order chi connectivity index (χ1) is 11.3. The van der Waals surface area contributed by atoms with Crippen molar-refractivity contribution in [1.82, 2.24) is 24.5 Å². The van der Waals surface area contributed by atoms with Gasteiger partial charge in [-0.05, 0) is 30.2 Å². The Morgan fingerprint density at radius 3 is 2.65 bits per heavy atom. The first kappa shape index (κ1) is 15.8. The second-order valence-corrected chi connectivity index (χ2v) is 6.06. The number of hydrogen-bond donors (Lipinski definition) is 1. The maximum Gasteiger partial charge on any atom is 0.191 e. The lowest BCUT2D eigenvalue weighted by molar-refractivity contribution is 0.263. The molecule has 3 rings (SSSR count). The molecule has 23 heavy (non-hydrogen) atoms.